The van der Waals surface area contributed by atoms with Crippen LogP contribution in [0.25, 0.3) is 0 Å². The summed E-state index contributed by atoms with van der Waals surface area (Å²) in [6.45, 7) is 0. The van der Waals surface area contributed by atoms with Gasteiger partial charge in [-0.2, -0.15) is 0 Å². The number of halogens is 1. The first-order chi connectivity index (χ1) is 7.04. The Morgan fingerprint density at radius 2 is 2.27 bits per heavy atom. The maximum Gasteiger partial charge on any atom is 0.315 e. The van der Waals surface area contributed by atoms with Crippen LogP contribution in [0.2, 0.25) is 0 Å². The van der Waals surface area contributed by atoms with E-state index in [1.165, 1.54) is 6.20 Å². The summed E-state index contributed by atoms with van der Waals surface area (Å²) in [5.74, 6) is -1.58. The fourth-order valence-electron chi connectivity index (χ4n) is 1.90. The van der Waals surface area contributed by atoms with Crippen molar-refractivity contribution in [2.75, 3.05) is 0 Å². The van der Waals surface area contributed by atoms with E-state index >= 15 is 0 Å². The van der Waals surface area contributed by atoms with Gasteiger partial charge < -0.3 is 10.2 Å². The number of aromatic nitrogens is 1. The Morgan fingerprint density at radius 1 is 1.60 bits per heavy atom. The fraction of sp³-hybridized carbons (Fsp3) is 0.400. The predicted octanol–water partition coefficient (Wildman–Crippen LogP) is 0.698. The molecular formula is C10H10FNO3. The van der Waals surface area contributed by atoms with Crippen molar-refractivity contribution in [3.63, 3.8) is 0 Å². The number of hydrogen-bond donors (Lipinski definition) is 2. The largest absolute Gasteiger partial charge is 0.481 e. The topological polar surface area (TPSA) is 70.4 Å². The molecule has 0 atom stereocenters. The Bertz CT molecular complexity index is 401. The predicted molar refractivity (Wildman–Crippen MR) is 48.7 cm³/mol. The van der Waals surface area contributed by atoms with Crippen LogP contribution in [0.1, 0.15) is 18.5 Å². The number of hydrogen-bond acceptors (Lipinski definition) is 3. The molecule has 1 fully saturated rings. The van der Waals surface area contributed by atoms with Crippen LogP contribution >= 0.6 is 0 Å². The number of rotatable bonds is 2. The van der Waals surface area contributed by atoms with Gasteiger partial charge in [-0.3, -0.25) is 9.78 Å². The van der Waals surface area contributed by atoms with Crippen molar-refractivity contribution < 1.29 is 19.4 Å². The van der Waals surface area contributed by atoms with Crippen LogP contribution in [-0.2, 0) is 10.2 Å². The van der Waals surface area contributed by atoms with E-state index in [2.05, 4.69) is 4.98 Å². The number of aliphatic carboxylic acids is 1. The molecule has 1 aliphatic carbocycles. The quantitative estimate of drug-likeness (QED) is 0.755. The molecule has 80 valence electrons. The Balaban J connectivity index is 2.39. The summed E-state index contributed by atoms with van der Waals surface area (Å²) in [6, 6.07) is 2.27. The van der Waals surface area contributed by atoms with Crippen LogP contribution in [0, 0.1) is 5.82 Å². The maximum absolute atomic E-state index is 12.9. The Hall–Kier alpha value is -1.49. The molecule has 0 radical (unpaired) electrons. The van der Waals surface area contributed by atoms with Crippen LogP contribution in [0.3, 0.4) is 0 Å². The van der Waals surface area contributed by atoms with Crippen LogP contribution < -0.4 is 0 Å². The van der Waals surface area contributed by atoms with Crippen molar-refractivity contribution >= 4 is 5.97 Å². The summed E-state index contributed by atoms with van der Waals surface area (Å²) >= 11 is 0. The van der Waals surface area contributed by atoms with E-state index in [1.54, 1.807) is 0 Å². The molecular weight excluding hydrogens is 201 g/mol. The number of carboxylic acids is 1. The number of carboxylic acid groups (broad SMARTS) is 1. The molecule has 0 amide bonds. The molecule has 0 saturated heterocycles. The highest BCUT2D eigenvalue weighted by molar-refractivity contribution is 5.82. The molecule has 2 N–H and O–H groups in total. The number of aliphatic hydroxyl groups excluding tert-OH is 1. The Labute approximate surface area is 85.4 Å². The Morgan fingerprint density at radius 3 is 2.73 bits per heavy atom. The lowest BCUT2D eigenvalue weighted by Crippen LogP contribution is -2.51. The second-order valence-corrected chi connectivity index (χ2v) is 3.81. The zero-order valence-electron chi connectivity index (χ0n) is 7.85. The summed E-state index contributed by atoms with van der Waals surface area (Å²) in [5, 5.41) is 18.3. The van der Waals surface area contributed by atoms with E-state index < -0.39 is 23.3 Å². The minimum Gasteiger partial charge on any atom is -0.481 e. The van der Waals surface area contributed by atoms with Gasteiger partial charge in [-0.25, -0.2) is 4.39 Å². The van der Waals surface area contributed by atoms with Gasteiger partial charge >= 0.3 is 5.97 Å². The second-order valence-electron chi connectivity index (χ2n) is 3.81. The van der Waals surface area contributed by atoms with Gasteiger partial charge in [0.05, 0.1) is 11.8 Å². The van der Waals surface area contributed by atoms with Crippen LogP contribution in [0.15, 0.2) is 18.3 Å². The lowest BCUT2D eigenvalue weighted by molar-refractivity contribution is -0.153. The highest BCUT2D eigenvalue weighted by atomic mass is 19.1. The van der Waals surface area contributed by atoms with E-state index in [0.29, 0.717) is 0 Å². The lowest BCUT2D eigenvalue weighted by atomic mass is 9.64. The van der Waals surface area contributed by atoms with Crippen molar-refractivity contribution in [3.05, 3.63) is 29.8 Å². The van der Waals surface area contributed by atoms with Crippen molar-refractivity contribution in [3.8, 4) is 0 Å². The fourth-order valence-corrected chi connectivity index (χ4v) is 1.90. The smallest absolute Gasteiger partial charge is 0.315 e. The first-order valence-electron chi connectivity index (χ1n) is 4.58. The molecule has 0 spiro atoms. The summed E-state index contributed by atoms with van der Waals surface area (Å²) in [4.78, 5) is 14.9. The minimum atomic E-state index is -1.21. The average molecular weight is 211 g/mol. The van der Waals surface area contributed by atoms with Crippen molar-refractivity contribution in [1.82, 2.24) is 4.98 Å². The van der Waals surface area contributed by atoms with Crippen molar-refractivity contribution in [1.29, 1.82) is 0 Å². The molecule has 0 aromatic carbocycles. The standard InChI is InChI=1S/C10H10FNO3/c11-6-1-2-12-8(3-6)10(9(14)15)4-7(13)5-10/h1-3,7,13H,4-5H2,(H,14,15). The van der Waals surface area contributed by atoms with Crippen LogP contribution in [0.4, 0.5) is 4.39 Å². The van der Waals surface area contributed by atoms with Gasteiger partial charge in [-0.05, 0) is 25.0 Å². The highest BCUT2D eigenvalue weighted by Gasteiger charge is 2.52. The molecule has 1 saturated carbocycles. The molecule has 0 bridgehead atoms. The third-order valence-corrected chi connectivity index (χ3v) is 2.79. The third-order valence-electron chi connectivity index (χ3n) is 2.79. The van der Waals surface area contributed by atoms with Gasteiger partial charge in [0.2, 0.25) is 0 Å². The summed E-state index contributed by atoms with van der Waals surface area (Å²) < 4.78 is 12.9. The maximum atomic E-state index is 12.9. The summed E-state index contributed by atoms with van der Waals surface area (Å²) in [6.07, 6.45) is 0.795. The third kappa shape index (κ3) is 1.48. The van der Waals surface area contributed by atoms with Gasteiger partial charge in [0.15, 0.2) is 0 Å². The summed E-state index contributed by atoms with van der Waals surface area (Å²) in [5.41, 5.74) is -1.03. The normalized spacial score (nSPS) is 29.6. The zero-order valence-corrected chi connectivity index (χ0v) is 7.85. The van der Waals surface area contributed by atoms with Gasteiger partial charge in [-0.1, -0.05) is 0 Å². The van der Waals surface area contributed by atoms with Gasteiger partial charge in [0.25, 0.3) is 0 Å². The van der Waals surface area contributed by atoms with E-state index in [1.807, 2.05) is 0 Å². The van der Waals surface area contributed by atoms with Crippen LogP contribution in [0.5, 0.6) is 0 Å². The Kier molecular flexibility index (Phi) is 2.19. The van der Waals surface area contributed by atoms with Crippen LogP contribution in [-0.4, -0.2) is 27.3 Å². The van der Waals surface area contributed by atoms with E-state index in [4.69, 9.17) is 5.11 Å². The molecule has 2 rings (SSSR count). The van der Waals surface area contributed by atoms with E-state index in [0.717, 1.165) is 12.1 Å². The van der Waals surface area contributed by atoms with Crippen molar-refractivity contribution in [2.24, 2.45) is 0 Å². The SMILES string of the molecule is O=C(O)C1(c2cc(F)ccn2)CC(O)C1. The molecule has 1 aromatic heterocycles. The molecule has 0 unspecified atom stereocenters. The molecule has 5 heteroatoms. The number of pyridine rings is 1. The van der Waals surface area contributed by atoms with E-state index in [-0.39, 0.29) is 18.5 Å². The first kappa shape index (κ1) is 10.0. The molecule has 15 heavy (non-hydrogen) atoms. The first-order valence-corrected chi connectivity index (χ1v) is 4.58. The monoisotopic (exact) mass is 211 g/mol. The molecule has 4 nitrogen and oxygen atoms in total. The van der Waals surface area contributed by atoms with E-state index in [9.17, 15) is 14.3 Å². The minimum absolute atomic E-state index is 0.0960. The number of aliphatic hydroxyl groups is 1. The lowest BCUT2D eigenvalue weighted by Gasteiger charge is -2.40. The number of nitrogens with zero attached hydrogens (tertiary/aromatic N) is 1. The molecule has 1 heterocycles. The molecule has 0 aliphatic heterocycles. The zero-order chi connectivity index (χ0) is 11.1. The van der Waals surface area contributed by atoms with Gasteiger partial charge in [0.1, 0.15) is 11.2 Å². The van der Waals surface area contributed by atoms with Crippen molar-refractivity contribution in [2.45, 2.75) is 24.4 Å². The highest BCUT2D eigenvalue weighted by Crippen LogP contribution is 2.43. The van der Waals surface area contributed by atoms with Gasteiger partial charge in [-0.15, -0.1) is 0 Å². The van der Waals surface area contributed by atoms with Gasteiger partial charge in [0, 0.05) is 6.20 Å². The molecule has 1 aliphatic rings. The molecule has 1 aromatic rings. The number of carbonyl (C=O) groups is 1. The summed E-state index contributed by atoms with van der Waals surface area (Å²) in [7, 11) is 0. The average Bonchev–Trinajstić information content (AvgIpc) is 2.12. The second kappa shape index (κ2) is 3.27.